The van der Waals surface area contributed by atoms with Gasteiger partial charge in [0, 0.05) is 6.07 Å². The van der Waals surface area contributed by atoms with E-state index in [1.54, 1.807) is 12.1 Å². The predicted molar refractivity (Wildman–Crippen MR) is 61.1 cm³/mol. The lowest BCUT2D eigenvalue weighted by Gasteiger charge is -2.03. The normalized spacial score (nSPS) is 10.1. The van der Waals surface area contributed by atoms with E-state index in [9.17, 15) is 9.18 Å². The molecule has 0 saturated carbocycles. The standard InChI is InChI=1S/C12H11FN2O3/c13-9-2-1-3-10(5-9)18-7-11-4-8(6-17-11)12(16)15-14/h1-6H,7,14H2,(H,15,16). The number of benzene rings is 1. The van der Waals surface area contributed by atoms with Crippen LogP contribution in [0.25, 0.3) is 0 Å². The van der Waals surface area contributed by atoms with E-state index in [0.29, 0.717) is 17.1 Å². The zero-order valence-electron chi connectivity index (χ0n) is 9.35. The van der Waals surface area contributed by atoms with Crippen LogP contribution in [0.5, 0.6) is 5.75 Å². The number of ether oxygens (including phenoxy) is 1. The molecule has 1 heterocycles. The third-order valence-electron chi connectivity index (χ3n) is 2.22. The van der Waals surface area contributed by atoms with Gasteiger partial charge in [-0.25, -0.2) is 10.2 Å². The number of carbonyl (C=O) groups is 1. The van der Waals surface area contributed by atoms with Gasteiger partial charge in [0.05, 0.1) is 5.56 Å². The van der Waals surface area contributed by atoms with E-state index in [-0.39, 0.29) is 12.4 Å². The van der Waals surface area contributed by atoms with E-state index in [1.165, 1.54) is 24.5 Å². The van der Waals surface area contributed by atoms with Crippen molar-refractivity contribution < 1.29 is 18.3 Å². The molecule has 0 radical (unpaired) electrons. The van der Waals surface area contributed by atoms with Crippen molar-refractivity contribution in [1.29, 1.82) is 0 Å². The second kappa shape index (κ2) is 5.33. The lowest BCUT2D eigenvalue weighted by atomic mass is 10.3. The van der Waals surface area contributed by atoms with Gasteiger partial charge in [-0.2, -0.15) is 0 Å². The molecule has 0 aliphatic carbocycles. The molecule has 1 amide bonds. The molecule has 0 saturated heterocycles. The summed E-state index contributed by atoms with van der Waals surface area (Å²) >= 11 is 0. The van der Waals surface area contributed by atoms with Gasteiger partial charge in [0.15, 0.2) is 0 Å². The lowest BCUT2D eigenvalue weighted by molar-refractivity contribution is 0.0953. The Balaban J connectivity index is 1.98. The molecule has 0 fully saturated rings. The molecule has 0 spiro atoms. The minimum Gasteiger partial charge on any atom is -0.486 e. The van der Waals surface area contributed by atoms with Crippen molar-refractivity contribution in [3.8, 4) is 5.75 Å². The largest absolute Gasteiger partial charge is 0.486 e. The summed E-state index contributed by atoms with van der Waals surface area (Å²) in [6.07, 6.45) is 1.27. The molecule has 0 aliphatic rings. The minimum absolute atomic E-state index is 0.0985. The molecule has 0 aliphatic heterocycles. The van der Waals surface area contributed by atoms with Gasteiger partial charge in [-0.15, -0.1) is 0 Å². The van der Waals surface area contributed by atoms with E-state index in [0.717, 1.165) is 0 Å². The van der Waals surface area contributed by atoms with E-state index in [4.69, 9.17) is 15.0 Å². The number of rotatable bonds is 4. The smallest absolute Gasteiger partial charge is 0.268 e. The number of nitrogens with one attached hydrogen (secondary N) is 1. The number of hydrogen-bond acceptors (Lipinski definition) is 4. The van der Waals surface area contributed by atoms with Crippen molar-refractivity contribution in [2.45, 2.75) is 6.61 Å². The highest BCUT2D eigenvalue weighted by Gasteiger charge is 2.09. The van der Waals surface area contributed by atoms with Gasteiger partial charge < -0.3 is 9.15 Å². The highest BCUT2D eigenvalue weighted by atomic mass is 19.1. The fourth-order valence-corrected chi connectivity index (χ4v) is 1.37. The minimum atomic E-state index is -0.448. The number of halogens is 1. The summed E-state index contributed by atoms with van der Waals surface area (Å²) in [6.45, 7) is 0.0985. The Kier molecular flexibility index (Phi) is 3.59. The summed E-state index contributed by atoms with van der Waals surface area (Å²) in [5, 5.41) is 0. The summed E-state index contributed by atoms with van der Waals surface area (Å²) < 4.78 is 23.3. The Bertz CT molecular complexity index is 554. The first-order valence-corrected chi connectivity index (χ1v) is 5.16. The van der Waals surface area contributed by atoms with Crippen LogP contribution < -0.4 is 16.0 Å². The van der Waals surface area contributed by atoms with Crippen LogP contribution in [0.15, 0.2) is 41.0 Å². The maximum Gasteiger partial charge on any atom is 0.268 e. The predicted octanol–water partition coefficient (Wildman–Crippen LogP) is 1.60. The maximum absolute atomic E-state index is 12.9. The van der Waals surface area contributed by atoms with Gasteiger partial charge in [-0.05, 0) is 18.2 Å². The van der Waals surface area contributed by atoms with Crippen LogP contribution in [-0.4, -0.2) is 5.91 Å². The number of nitrogen functional groups attached to an aromatic ring is 1. The van der Waals surface area contributed by atoms with Crippen LogP contribution in [0.2, 0.25) is 0 Å². The van der Waals surface area contributed by atoms with Crippen molar-refractivity contribution in [1.82, 2.24) is 5.43 Å². The van der Waals surface area contributed by atoms with E-state index < -0.39 is 5.91 Å². The van der Waals surface area contributed by atoms with Crippen LogP contribution in [0, 0.1) is 5.82 Å². The second-order valence-electron chi connectivity index (χ2n) is 3.52. The van der Waals surface area contributed by atoms with E-state index in [2.05, 4.69) is 0 Å². The lowest BCUT2D eigenvalue weighted by Crippen LogP contribution is -2.29. The molecule has 18 heavy (non-hydrogen) atoms. The fraction of sp³-hybridized carbons (Fsp3) is 0.0833. The highest BCUT2D eigenvalue weighted by molar-refractivity contribution is 5.93. The van der Waals surface area contributed by atoms with Gasteiger partial charge in [0.25, 0.3) is 5.91 Å². The summed E-state index contributed by atoms with van der Waals surface area (Å²) in [7, 11) is 0. The molecule has 5 nitrogen and oxygen atoms in total. The molecular formula is C12H11FN2O3. The molecule has 2 rings (SSSR count). The van der Waals surface area contributed by atoms with Crippen molar-refractivity contribution in [2.75, 3.05) is 0 Å². The molecule has 1 aromatic carbocycles. The quantitative estimate of drug-likeness (QED) is 0.491. The Morgan fingerprint density at radius 3 is 3.00 bits per heavy atom. The summed E-state index contributed by atoms with van der Waals surface area (Å²) in [4.78, 5) is 11.2. The molecule has 1 aromatic heterocycles. The van der Waals surface area contributed by atoms with Crippen LogP contribution in [0.3, 0.4) is 0 Å². The van der Waals surface area contributed by atoms with E-state index >= 15 is 0 Å². The summed E-state index contributed by atoms with van der Waals surface area (Å²) in [5.41, 5.74) is 2.29. The van der Waals surface area contributed by atoms with E-state index in [1.807, 2.05) is 5.43 Å². The van der Waals surface area contributed by atoms with Gasteiger partial charge in [-0.3, -0.25) is 10.2 Å². The Morgan fingerprint density at radius 2 is 2.28 bits per heavy atom. The monoisotopic (exact) mass is 250 g/mol. The van der Waals surface area contributed by atoms with Crippen LogP contribution in [0.4, 0.5) is 4.39 Å². The SMILES string of the molecule is NNC(=O)c1coc(COc2cccc(F)c2)c1. The number of furan rings is 1. The molecule has 3 N–H and O–H groups in total. The molecule has 2 aromatic rings. The van der Waals surface area contributed by atoms with Crippen molar-refractivity contribution >= 4 is 5.91 Å². The topological polar surface area (TPSA) is 77.5 Å². The third-order valence-corrected chi connectivity index (χ3v) is 2.22. The average Bonchev–Trinajstić information content (AvgIpc) is 2.84. The van der Waals surface area contributed by atoms with Gasteiger partial charge in [0.2, 0.25) is 0 Å². The first-order valence-electron chi connectivity index (χ1n) is 5.16. The Morgan fingerprint density at radius 1 is 1.44 bits per heavy atom. The van der Waals surface area contributed by atoms with Gasteiger partial charge in [0.1, 0.15) is 30.2 Å². The number of nitrogens with two attached hydrogens (primary N) is 1. The van der Waals surface area contributed by atoms with Gasteiger partial charge >= 0.3 is 0 Å². The zero-order chi connectivity index (χ0) is 13.0. The third kappa shape index (κ3) is 2.86. The van der Waals surface area contributed by atoms with Crippen molar-refractivity contribution in [3.63, 3.8) is 0 Å². The fourth-order valence-electron chi connectivity index (χ4n) is 1.37. The Hall–Kier alpha value is -2.34. The second-order valence-corrected chi connectivity index (χ2v) is 3.52. The number of hydrogen-bond donors (Lipinski definition) is 2. The van der Waals surface area contributed by atoms with Crippen molar-refractivity contribution in [3.05, 3.63) is 53.7 Å². The first-order chi connectivity index (χ1) is 8.69. The first kappa shape index (κ1) is 12.1. The van der Waals surface area contributed by atoms with Gasteiger partial charge in [-0.1, -0.05) is 6.07 Å². The van der Waals surface area contributed by atoms with Crippen LogP contribution >= 0.6 is 0 Å². The highest BCUT2D eigenvalue weighted by Crippen LogP contribution is 2.15. The Labute approximate surface area is 102 Å². The molecule has 0 bridgehead atoms. The average molecular weight is 250 g/mol. The molecule has 0 unspecified atom stereocenters. The molecule has 94 valence electrons. The van der Waals surface area contributed by atoms with Crippen LogP contribution in [0.1, 0.15) is 16.1 Å². The zero-order valence-corrected chi connectivity index (χ0v) is 9.35. The maximum atomic E-state index is 12.9. The number of hydrazine groups is 1. The molecule has 6 heteroatoms. The van der Waals surface area contributed by atoms with Crippen molar-refractivity contribution in [2.24, 2.45) is 5.84 Å². The number of amides is 1. The summed E-state index contributed by atoms with van der Waals surface area (Å²) in [6, 6.07) is 7.25. The molecular weight excluding hydrogens is 239 g/mol. The summed E-state index contributed by atoms with van der Waals surface area (Å²) in [5.74, 6) is 4.98. The number of carbonyl (C=O) groups excluding carboxylic acids is 1. The molecule has 0 atom stereocenters. The van der Waals surface area contributed by atoms with Crippen LogP contribution in [-0.2, 0) is 6.61 Å².